The monoisotopic (exact) mass is 766 g/mol. The van der Waals surface area contributed by atoms with Crippen molar-refractivity contribution < 1.29 is 64.4 Å². The molecule has 294 valence electrons. The Morgan fingerprint density at radius 1 is 0.593 bits per heavy atom. The maximum absolute atomic E-state index is 14.2. The number of halogens is 6. The minimum atomic E-state index is -5.65. The zero-order valence-electron chi connectivity index (χ0n) is 31.1. The van der Waals surface area contributed by atoms with Gasteiger partial charge in [0.15, 0.2) is 0 Å². The average Bonchev–Trinajstić information content (AvgIpc) is 3.01. The van der Waals surface area contributed by atoms with Gasteiger partial charge in [0.05, 0.1) is 0 Å². The van der Waals surface area contributed by atoms with Crippen LogP contribution in [0.4, 0.5) is 26.3 Å². The van der Waals surface area contributed by atoms with Crippen molar-refractivity contribution >= 4 is 17.9 Å². The molecular formula is C40H44F6O8. The molecule has 0 aliphatic heterocycles. The van der Waals surface area contributed by atoms with E-state index >= 15 is 0 Å². The van der Waals surface area contributed by atoms with Crippen LogP contribution in [0.25, 0.3) is 0 Å². The van der Waals surface area contributed by atoms with E-state index in [1.54, 1.807) is 76.2 Å². The summed E-state index contributed by atoms with van der Waals surface area (Å²) in [6, 6.07) is 14.0. The highest BCUT2D eigenvalue weighted by molar-refractivity contribution is 5.81. The number of hydrogen-bond donors (Lipinski definition) is 0. The number of hydrogen-bond acceptors (Lipinski definition) is 8. The van der Waals surface area contributed by atoms with E-state index in [-0.39, 0.29) is 12.8 Å². The summed E-state index contributed by atoms with van der Waals surface area (Å²) in [4.78, 5) is 36.8. The van der Waals surface area contributed by atoms with Gasteiger partial charge in [-0.15, -0.1) is 0 Å². The summed E-state index contributed by atoms with van der Waals surface area (Å²) in [6.07, 6.45) is -10.8. The van der Waals surface area contributed by atoms with Gasteiger partial charge >= 0.3 is 30.3 Å². The van der Waals surface area contributed by atoms with Gasteiger partial charge in [0.1, 0.15) is 50.9 Å². The standard InChI is InChI=1S/C40H44F6O8/c1-9-31(47)54-38(7,8)24-37(5,6)53-28-18-12-26(13-19-28)15-23-33(49)51-30-21-20-29(34(39(41,42)43)35(30)40(44,45)46)50-32(48)22-14-25-10-16-27(17-11-25)52-36(2,3)4/h9-13,16-21H,1,14-15,22-24H2,2-8H3. The second-order valence-electron chi connectivity index (χ2n) is 14.7. The molecule has 0 fully saturated rings. The topological polar surface area (TPSA) is 97.4 Å². The van der Waals surface area contributed by atoms with Crippen molar-refractivity contribution in [2.75, 3.05) is 0 Å². The van der Waals surface area contributed by atoms with E-state index in [0.29, 0.717) is 41.2 Å². The van der Waals surface area contributed by atoms with Crippen molar-refractivity contribution in [3.63, 3.8) is 0 Å². The number of rotatable bonds is 15. The van der Waals surface area contributed by atoms with Gasteiger partial charge in [0.25, 0.3) is 0 Å². The third kappa shape index (κ3) is 13.8. The van der Waals surface area contributed by atoms with Crippen LogP contribution in [-0.2, 0) is 44.3 Å². The molecule has 0 bridgehead atoms. The predicted molar refractivity (Wildman–Crippen MR) is 187 cm³/mol. The summed E-state index contributed by atoms with van der Waals surface area (Å²) in [5.41, 5.74) is -5.54. The van der Waals surface area contributed by atoms with Gasteiger partial charge in [-0.05, 0) is 109 Å². The second kappa shape index (κ2) is 17.0. The number of ether oxygens (including phenoxy) is 5. The molecule has 0 heterocycles. The molecule has 3 aromatic rings. The normalized spacial score (nSPS) is 12.5. The molecule has 0 spiro atoms. The van der Waals surface area contributed by atoms with Crippen LogP contribution in [0.2, 0.25) is 0 Å². The summed E-state index contributed by atoms with van der Waals surface area (Å²) >= 11 is 0. The number of esters is 3. The van der Waals surface area contributed by atoms with E-state index in [1.165, 1.54) is 0 Å². The molecule has 3 rings (SSSR count). The highest BCUT2D eigenvalue weighted by atomic mass is 19.4. The Bertz CT molecular complexity index is 1790. The van der Waals surface area contributed by atoms with E-state index in [0.717, 1.165) is 6.08 Å². The van der Waals surface area contributed by atoms with Gasteiger partial charge in [-0.3, -0.25) is 9.59 Å². The Kier molecular flexibility index (Phi) is 13.6. The maximum atomic E-state index is 14.2. The summed E-state index contributed by atoms with van der Waals surface area (Å²) in [5.74, 6) is -4.78. The number of carbonyl (C=O) groups is 3. The van der Waals surface area contributed by atoms with Crippen LogP contribution < -0.4 is 18.9 Å². The first-order valence-electron chi connectivity index (χ1n) is 16.9. The van der Waals surface area contributed by atoms with Crippen molar-refractivity contribution in [3.8, 4) is 23.0 Å². The lowest BCUT2D eigenvalue weighted by atomic mass is 9.92. The summed E-state index contributed by atoms with van der Waals surface area (Å²) < 4.78 is 112. The lowest BCUT2D eigenvalue weighted by Crippen LogP contribution is -2.40. The van der Waals surface area contributed by atoms with E-state index < -0.39 is 82.5 Å². The number of aryl methyl sites for hydroxylation is 2. The SMILES string of the molecule is C=CC(=O)OC(C)(C)CC(C)(C)Oc1ccc(CCC(=O)Oc2ccc(OC(=O)CCc3ccc(OC(C)(C)C)cc3)c(C(F)(F)F)c2C(F)(F)F)cc1. The fourth-order valence-electron chi connectivity index (χ4n) is 5.67. The summed E-state index contributed by atoms with van der Waals surface area (Å²) in [7, 11) is 0. The molecule has 8 nitrogen and oxygen atoms in total. The third-order valence-corrected chi connectivity index (χ3v) is 7.44. The van der Waals surface area contributed by atoms with E-state index in [9.17, 15) is 40.7 Å². The van der Waals surface area contributed by atoms with Crippen LogP contribution in [0.3, 0.4) is 0 Å². The Balaban J connectivity index is 1.69. The summed E-state index contributed by atoms with van der Waals surface area (Å²) in [5, 5.41) is 0. The van der Waals surface area contributed by atoms with Crippen LogP contribution in [-0.4, -0.2) is 34.7 Å². The van der Waals surface area contributed by atoms with Gasteiger partial charge in [-0.1, -0.05) is 30.8 Å². The molecule has 0 saturated carbocycles. The molecule has 0 saturated heterocycles. The lowest BCUT2D eigenvalue weighted by molar-refractivity contribution is -0.165. The molecule has 54 heavy (non-hydrogen) atoms. The first-order chi connectivity index (χ1) is 24.8. The molecule has 0 atom stereocenters. The predicted octanol–water partition coefficient (Wildman–Crippen LogP) is 10.0. The maximum Gasteiger partial charge on any atom is 0.420 e. The average molecular weight is 767 g/mol. The highest BCUT2D eigenvalue weighted by Gasteiger charge is 2.49. The molecular weight excluding hydrogens is 722 g/mol. The first kappa shape index (κ1) is 43.4. The zero-order valence-corrected chi connectivity index (χ0v) is 31.1. The van der Waals surface area contributed by atoms with Crippen molar-refractivity contribution in [1.29, 1.82) is 0 Å². The van der Waals surface area contributed by atoms with Crippen molar-refractivity contribution in [3.05, 3.63) is 95.6 Å². The molecule has 0 aromatic heterocycles. The van der Waals surface area contributed by atoms with Crippen molar-refractivity contribution in [2.45, 2.75) is 110 Å². The van der Waals surface area contributed by atoms with Crippen LogP contribution in [0.1, 0.15) is 90.0 Å². The molecule has 0 N–H and O–H groups in total. The van der Waals surface area contributed by atoms with Gasteiger partial charge in [0.2, 0.25) is 0 Å². The summed E-state index contributed by atoms with van der Waals surface area (Å²) in [6.45, 7) is 16.0. The molecule has 0 aliphatic rings. The Labute approximate surface area is 310 Å². The molecule has 0 amide bonds. The number of benzene rings is 3. The number of carbonyl (C=O) groups excluding carboxylic acids is 3. The minimum absolute atomic E-state index is 0.0252. The zero-order chi connectivity index (χ0) is 40.7. The molecule has 0 aliphatic carbocycles. The smallest absolute Gasteiger partial charge is 0.420 e. The molecule has 0 unspecified atom stereocenters. The first-order valence-corrected chi connectivity index (χ1v) is 16.9. The van der Waals surface area contributed by atoms with Crippen LogP contribution >= 0.6 is 0 Å². The molecule has 3 aromatic carbocycles. The fraction of sp³-hybridized carbons (Fsp3) is 0.425. The van der Waals surface area contributed by atoms with Crippen molar-refractivity contribution in [2.24, 2.45) is 0 Å². The molecule has 14 heteroatoms. The second-order valence-corrected chi connectivity index (χ2v) is 14.7. The van der Waals surface area contributed by atoms with Gasteiger partial charge < -0.3 is 23.7 Å². The van der Waals surface area contributed by atoms with E-state index in [4.69, 9.17) is 23.7 Å². The van der Waals surface area contributed by atoms with E-state index in [1.807, 2.05) is 20.8 Å². The molecule has 0 radical (unpaired) electrons. The van der Waals surface area contributed by atoms with Crippen LogP contribution in [0.5, 0.6) is 23.0 Å². The van der Waals surface area contributed by atoms with Gasteiger partial charge in [-0.25, -0.2) is 4.79 Å². The van der Waals surface area contributed by atoms with Crippen LogP contribution in [0, 0.1) is 0 Å². The fourth-order valence-corrected chi connectivity index (χ4v) is 5.67. The quantitative estimate of drug-likeness (QED) is 0.0653. The Morgan fingerprint density at radius 2 is 0.981 bits per heavy atom. The van der Waals surface area contributed by atoms with Crippen molar-refractivity contribution in [1.82, 2.24) is 0 Å². The van der Waals surface area contributed by atoms with Gasteiger partial charge in [-0.2, -0.15) is 26.3 Å². The lowest BCUT2D eigenvalue weighted by Gasteiger charge is -2.34. The van der Waals surface area contributed by atoms with Crippen LogP contribution in [0.15, 0.2) is 73.3 Å². The third-order valence-electron chi connectivity index (χ3n) is 7.44. The minimum Gasteiger partial charge on any atom is -0.488 e. The van der Waals surface area contributed by atoms with E-state index in [2.05, 4.69) is 6.58 Å². The number of alkyl halides is 6. The van der Waals surface area contributed by atoms with Gasteiger partial charge in [0, 0.05) is 25.3 Å². The highest BCUT2D eigenvalue weighted by Crippen LogP contribution is 2.49. The Hall–Kier alpha value is -5.01. The largest absolute Gasteiger partial charge is 0.488 e. The Morgan fingerprint density at radius 3 is 1.33 bits per heavy atom.